The first kappa shape index (κ1) is 25.5. The molecule has 1 aliphatic carbocycles. The lowest BCUT2D eigenvalue weighted by molar-refractivity contribution is -0.131. The van der Waals surface area contributed by atoms with Crippen molar-refractivity contribution in [2.24, 2.45) is 0 Å². The van der Waals surface area contributed by atoms with Gasteiger partial charge in [-0.15, -0.1) is 0 Å². The van der Waals surface area contributed by atoms with E-state index in [1.165, 1.54) is 54.3 Å². The molecule has 4 heterocycles. The maximum Gasteiger partial charge on any atom is 0.254 e. The summed E-state index contributed by atoms with van der Waals surface area (Å²) in [6.07, 6.45) is 8.22. The number of carbonyl (C=O) groups is 2. The number of hydrogen-bond donors (Lipinski definition) is 0. The zero-order valence-corrected chi connectivity index (χ0v) is 23.1. The Morgan fingerprint density at radius 2 is 1.45 bits per heavy atom. The van der Waals surface area contributed by atoms with Crippen molar-refractivity contribution in [1.82, 2.24) is 14.4 Å². The van der Waals surface area contributed by atoms with Gasteiger partial charge in [0.1, 0.15) is 0 Å². The Hall–Kier alpha value is -3.42. The van der Waals surface area contributed by atoms with Gasteiger partial charge in [0.2, 0.25) is 0 Å². The quantitative estimate of drug-likeness (QED) is 0.466. The van der Waals surface area contributed by atoms with Crippen molar-refractivity contribution in [3.05, 3.63) is 64.7 Å². The number of hydrogen-bond acceptors (Lipinski definition) is 4. The van der Waals surface area contributed by atoms with E-state index in [0.29, 0.717) is 70.6 Å². The average Bonchev–Trinajstić information content (AvgIpc) is 3.23. The summed E-state index contributed by atoms with van der Waals surface area (Å²) < 4.78 is 13.3. The van der Waals surface area contributed by atoms with Crippen molar-refractivity contribution in [2.75, 3.05) is 52.6 Å². The summed E-state index contributed by atoms with van der Waals surface area (Å²) in [5.74, 6) is 0.597. The van der Waals surface area contributed by atoms with Gasteiger partial charge in [-0.05, 0) is 48.1 Å². The minimum atomic E-state index is 0.0501. The van der Waals surface area contributed by atoms with Crippen LogP contribution in [0.3, 0.4) is 0 Å². The molecular weight excluding hydrogens is 502 g/mol. The second-order valence-electron chi connectivity index (χ2n) is 11.5. The summed E-state index contributed by atoms with van der Waals surface area (Å²) in [6, 6.07) is 14.7. The number of benzene rings is 2. The Balaban J connectivity index is 1.40. The van der Waals surface area contributed by atoms with Crippen molar-refractivity contribution in [1.29, 1.82) is 0 Å². The lowest BCUT2D eigenvalue weighted by Gasteiger charge is -2.28. The van der Waals surface area contributed by atoms with Crippen LogP contribution in [0.4, 0.5) is 0 Å². The number of amides is 2. The molecule has 0 radical (unpaired) electrons. The largest absolute Gasteiger partial charge is 0.378 e. The molecule has 0 bridgehead atoms. The Kier molecular flexibility index (Phi) is 6.94. The van der Waals surface area contributed by atoms with Crippen molar-refractivity contribution in [2.45, 2.75) is 44.6 Å². The molecule has 3 aromatic rings. The first-order valence-corrected chi connectivity index (χ1v) is 14.9. The van der Waals surface area contributed by atoms with Gasteiger partial charge in [0.25, 0.3) is 11.8 Å². The SMILES string of the molecule is O=C(C1=Cc2ccccc2-c2c(C3CCCCC3)c3ccc(C(=O)N4CCOCC4)cc3n2C1)N1CCOCC1. The fourth-order valence-corrected chi connectivity index (χ4v) is 7.06. The monoisotopic (exact) mass is 539 g/mol. The van der Waals surface area contributed by atoms with Crippen molar-refractivity contribution >= 4 is 28.8 Å². The highest BCUT2D eigenvalue weighted by atomic mass is 16.5. The highest BCUT2D eigenvalue weighted by Gasteiger charge is 2.32. The topological polar surface area (TPSA) is 64.0 Å². The van der Waals surface area contributed by atoms with Crippen LogP contribution in [0.25, 0.3) is 28.2 Å². The number of morpholine rings is 2. The van der Waals surface area contributed by atoms with E-state index >= 15 is 0 Å². The fourth-order valence-electron chi connectivity index (χ4n) is 7.06. The zero-order valence-electron chi connectivity index (χ0n) is 23.1. The predicted molar refractivity (Wildman–Crippen MR) is 155 cm³/mol. The molecule has 3 fully saturated rings. The molecule has 0 unspecified atom stereocenters. The summed E-state index contributed by atoms with van der Waals surface area (Å²) in [5, 5.41) is 1.22. The Bertz CT molecular complexity index is 1470. The van der Waals surface area contributed by atoms with Crippen LogP contribution in [-0.2, 0) is 20.8 Å². The van der Waals surface area contributed by atoms with Crippen molar-refractivity contribution in [3.63, 3.8) is 0 Å². The van der Waals surface area contributed by atoms with Gasteiger partial charge in [0.15, 0.2) is 0 Å². The van der Waals surface area contributed by atoms with Gasteiger partial charge < -0.3 is 23.8 Å². The maximum absolute atomic E-state index is 13.9. The lowest BCUT2D eigenvalue weighted by atomic mass is 9.81. The van der Waals surface area contributed by atoms with Gasteiger partial charge >= 0.3 is 0 Å². The van der Waals surface area contributed by atoms with Crippen LogP contribution in [0, 0.1) is 0 Å². The smallest absolute Gasteiger partial charge is 0.254 e. The second-order valence-corrected chi connectivity index (χ2v) is 11.5. The third-order valence-corrected chi connectivity index (χ3v) is 9.11. The van der Waals surface area contributed by atoms with Crippen LogP contribution in [0.5, 0.6) is 0 Å². The van der Waals surface area contributed by atoms with Gasteiger partial charge in [-0.1, -0.05) is 49.6 Å². The Labute approximate surface area is 235 Å². The first-order valence-electron chi connectivity index (χ1n) is 14.9. The van der Waals surface area contributed by atoms with Gasteiger partial charge in [-0.3, -0.25) is 9.59 Å². The van der Waals surface area contributed by atoms with E-state index in [1.54, 1.807) is 0 Å². The highest BCUT2D eigenvalue weighted by Crippen LogP contribution is 2.46. The minimum absolute atomic E-state index is 0.0501. The summed E-state index contributed by atoms with van der Waals surface area (Å²) in [6.45, 7) is 5.25. The van der Waals surface area contributed by atoms with Gasteiger partial charge in [0, 0.05) is 53.8 Å². The molecule has 0 atom stereocenters. The van der Waals surface area contributed by atoms with E-state index in [4.69, 9.17) is 9.47 Å². The van der Waals surface area contributed by atoms with Gasteiger partial charge in [0.05, 0.1) is 38.7 Å². The minimum Gasteiger partial charge on any atom is -0.378 e. The van der Waals surface area contributed by atoms with Crippen molar-refractivity contribution in [3.8, 4) is 11.3 Å². The number of fused-ring (bicyclic) bond motifs is 5. The summed E-state index contributed by atoms with van der Waals surface area (Å²) in [5.41, 5.74) is 7.40. The molecule has 1 saturated carbocycles. The number of ether oxygens (including phenoxy) is 2. The molecule has 1 aromatic heterocycles. The van der Waals surface area contributed by atoms with Crippen LogP contribution in [0.1, 0.15) is 59.5 Å². The van der Waals surface area contributed by atoms with Gasteiger partial charge in [-0.2, -0.15) is 0 Å². The molecule has 7 nitrogen and oxygen atoms in total. The second kappa shape index (κ2) is 10.9. The molecule has 0 spiro atoms. The van der Waals surface area contributed by atoms with Crippen LogP contribution in [0.15, 0.2) is 48.0 Å². The molecule has 40 heavy (non-hydrogen) atoms. The zero-order chi connectivity index (χ0) is 27.1. The molecular formula is C33H37N3O4. The summed E-state index contributed by atoms with van der Waals surface area (Å²) in [7, 11) is 0. The summed E-state index contributed by atoms with van der Waals surface area (Å²) in [4.78, 5) is 31.2. The molecule has 2 aromatic carbocycles. The van der Waals surface area contributed by atoms with E-state index in [-0.39, 0.29) is 11.8 Å². The molecule has 2 saturated heterocycles. The number of rotatable bonds is 3. The van der Waals surface area contributed by atoms with Crippen LogP contribution < -0.4 is 0 Å². The Morgan fingerprint density at radius 1 is 0.775 bits per heavy atom. The predicted octanol–water partition coefficient (Wildman–Crippen LogP) is 5.08. The molecule has 4 aliphatic rings. The molecule has 3 aliphatic heterocycles. The van der Waals surface area contributed by atoms with E-state index in [2.05, 4.69) is 47.0 Å². The average molecular weight is 540 g/mol. The number of aromatic nitrogens is 1. The van der Waals surface area contributed by atoms with E-state index in [9.17, 15) is 9.59 Å². The number of carbonyl (C=O) groups excluding carboxylic acids is 2. The third-order valence-electron chi connectivity index (χ3n) is 9.11. The van der Waals surface area contributed by atoms with E-state index in [0.717, 1.165) is 16.7 Å². The molecule has 208 valence electrons. The molecule has 2 amide bonds. The van der Waals surface area contributed by atoms with Crippen LogP contribution in [-0.4, -0.2) is 78.8 Å². The van der Waals surface area contributed by atoms with Crippen LogP contribution in [0.2, 0.25) is 0 Å². The van der Waals surface area contributed by atoms with E-state index in [1.807, 2.05) is 15.9 Å². The molecule has 0 N–H and O–H groups in total. The maximum atomic E-state index is 13.9. The third kappa shape index (κ3) is 4.55. The Morgan fingerprint density at radius 3 is 2.17 bits per heavy atom. The van der Waals surface area contributed by atoms with Crippen molar-refractivity contribution < 1.29 is 19.1 Å². The first-order chi connectivity index (χ1) is 19.7. The van der Waals surface area contributed by atoms with E-state index < -0.39 is 0 Å². The lowest BCUT2D eigenvalue weighted by Crippen LogP contribution is -2.41. The molecule has 7 heteroatoms. The molecule has 7 rings (SSSR count). The van der Waals surface area contributed by atoms with Crippen LogP contribution >= 0.6 is 0 Å². The fraction of sp³-hybridized carbons (Fsp3) is 0.455. The van der Waals surface area contributed by atoms with Gasteiger partial charge in [-0.25, -0.2) is 0 Å². The normalized spacial score (nSPS) is 20.1. The summed E-state index contributed by atoms with van der Waals surface area (Å²) >= 11 is 0. The number of nitrogens with zero attached hydrogens (tertiary/aromatic N) is 3. The highest BCUT2D eigenvalue weighted by molar-refractivity contribution is 6.04. The standard InChI is InChI=1S/C33H37N3O4/c37-32(34-12-16-39-17-13-34)25-10-11-28-29(21-25)36-22-26(33(38)35-14-18-40-19-15-35)20-24-8-4-5-9-27(24)31(36)30(28)23-6-2-1-3-7-23/h4-5,8-11,20-21,23H,1-3,6-7,12-19,22H2.